The Morgan fingerprint density at radius 3 is 2.82 bits per heavy atom. The van der Waals surface area contributed by atoms with Crippen LogP contribution < -0.4 is 22.1 Å². The van der Waals surface area contributed by atoms with Gasteiger partial charge in [-0.15, -0.1) is 0 Å². The van der Waals surface area contributed by atoms with Crippen molar-refractivity contribution < 1.29 is 4.39 Å². The van der Waals surface area contributed by atoms with Crippen molar-refractivity contribution in [2.75, 3.05) is 18.8 Å². The van der Waals surface area contributed by atoms with Crippen molar-refractivity contribution >= 4 is 39.6 Å². The highest BCUT2D eigenvalue weighted by Gasteiger charge is 2.23. The largest absolute Gasteiger partial charge is 0.363 e. The van der Waals surface area contributed by atoms with Crippen molar-refractivity contribution in [3.05, 3.63) is 81.1 Å². The van der Waals surface area contributed by atoms with Gasteiger partial charge in [-0.3, -0.25) is 9.56 Å². The van der Waals surface area contributed by atoms with Crippen LogP contribution in [0, 0.1) is 5.82 Å². The minimum atomic E-state index is -0.502. The van der Waals surface area contributed by atoms with Crippen molar-refractivity contribution in [1.29, 1.82) is 0 Å². The Morgan fingerprint density at radius 1 is 1.20 bits per heavy atom. The number of aliphatic imine (C=N–C) groups is 1. The van der Waals surface area contributed by atoms with E-state index in [-0.39, 0.29) is 17.1 Å². The first-order valence-corrected chi connectivity index (χ1v) is 16.8. The molecule has 5 N–H and O–H groups in total. The molecule has 44 heavy (non-hydrogen) atoms. The van der Waals surface area contributed by atoms with Crippen molar-refractivity contribution in [3.63, 3.8) is 0 Å². The third-order valence-electron chi connectivity index (χ3n) is 8.42. The van der Waals surface area contributed by atoms with Gasteiger partial charge in [0.1, 0.15) is 5.65 Å². The number of piperidine rings is 1. The van der Waals surface area contributed by atoms with E-state index < -0.39 is 11.5 Å². The molecule has 8 nitrogen and oxygen atoms in total. The topological polar surface area (TPSA) is 113 Å². The van der Waals surface area contributed by atoms with Crippen LogP contribution in [0.3, 0.4) is 0 Å². The molecule has 0 aliphatic carbocycles. The molecule has 2 aromatic carbocycles. The number of amidine groups is 1. The Morgan fingerprint density at radius 2 is 2.05 bits per heavy atom. The summed E-state index contributed by atoms with van der Waals surface area (Å²) in [6.45, 7) is 3.80. The predicted octanol–water partition coefficient (Wildman–Crippen LogP) is 6.11. The average molecular weight is 636 g/mol. The van der Waals surface area contributed by atoms with Gasteiger partial charge >= 0.3 is 5.69 Å². The highest BCUT2D eigenvalue weighted by Crippen LogP contribution is 2.32. The number of nitrogens with two attached hydrogens (primary N) is 1. The molecule has 2 aromatic heterocycles. The molecule has 2 aliphatic heterocycles. The molecule has 4 heterocycles. The maximum absolute atomic E-state index is 15.1. The molecular formula is C33H39ClFN7OS. The van der Waals surface area contributed by atoms with Gasteiger partial charge in [0.15, 0.2) is 11.0 Å². The van der Waals surface area contributed by atoms with Crippen LogP contribution in [-0.4, -0.2) is 50.6 Å². The molecule has 3 atom stereocenters. The van der Waals surface area contributed by atoms with Crippen LogP contribution in [-0.2, 0) is 6.42 Å². The Hall–Kier alpha value is -3.18. The molecule has 2 unspecified atom stereocenters. The second-order valence-electron chi connectivity index (χ2n) is 11.9. The molecule has 1 saturated heterocycles. The van der Waals surface area contributed by atoms with E-state index >= 15 is 4.39 Å². The Kier molecular flexibility index (Phi) is 9.71. The quantitative estimate of drug-likeness (QED) is 0.167. The summed E-state index contributed by atoms with van der Waals surface area (Å²) in [4.78, 5) is 24.9. The number of aromatic nitrogens is 3. The summed E-state index contributed by atoms with van der Waals surface area (Å²) in [6, 6.07) is 14.3. The zero-order valence-corrected chi connectivity index (χ0v) is 26.5. The standard InChI is InChI=1S/C33H39ClFN7OS/c1-20(36)4-2-5-21-16-26(30(35)27(34)17-21)29-18-23-19-42(33(43)41-31(23)40-29)25-10-8-22(9-11-25)28-7-3-6-24(39-28)12-15-44-32-37-13-14-38-32/h8-11,16-20,24,28,39H,2-7,12-15,36H2,1H3,(H,37,38)(H,40,41,43)/t20-,24?,28?/m0/s1. The Balaban J connectivity index is 1.16. The van der Waals surface area contributed by atoms with Crippen LogP contribution in [0.25, 0.3) is 28.0 Å². The number of nitrogens with zero attached hydrogens (tertiary/aromatic N) is 3. The summed E-state index contributed by atoms with van der Waals surface area (Å²) in [5.74, 6) is 0.547. The maximum Gasteiger partial charge on any atom is 0.354 e. The number of H-pyrrole nitrogens is 1. The van der Waals surface area contributed by atoms with Gasteiger partial charge in [0, 0.05) is 47.6 Å². The van der Waals surface area contributed by atoms with Gasteiger partial charge < -0.3 is 21.4 Å². The minimum Gasteiger partial charge on any atom is -0.363 e. The summed E-state index contributed by atoms with van der Waals surface area (Å²) in [5.41, 5.74) is 9.65. The fourth-order valence-electron chi connectivity index (χ4n) is 6.09. The average Bonchev–Trinajstić information content (AvgIpc) is 3.68. The molecule has 4 aromatic rings. The summed E-state index contributed by atoms with van der Waals surface area (Å²) in [5, 5.41) is 9.00. The highest BCUT2D eigenvalue weighted by molar-refractivity contribution is 8.13. The van der Waals surface area contributed by atoms with E-state index in [2.05, 4.69) is 37.7 Å². The van der Waals surface area contributed by atoms with Crippen molar-refractivity contribution in [2.45, 2.75) is 70.0 Å². The predicted molar refractivity (Wildman–Crippen MR) is 180 cm³/mol. The highest BCUT2D eigenvalue weighted by atomic mass is 35.5. The molecule has 232 valence electrons. The molecule has 0 saturated carbocycles. The molecule has 2 aliphatic rings. The van der Waals surface area contributed by atoms with E-state index in [1.807, 2.05) is 43.0 Å². The first kappa shape index (κ1) is 30.8. The number of benzene rings is 2. The fraction of sp³-hybridized carbons (Fsp3) is 0.424. The van der Waals surface area contributed by atoms with E-state index in [1.165, 1.54) is 23.0 Å². The van der Waals surface area contributed by atoms with Crippen LogP contribution >= 0.6 is 23.4 Å². The number of hydrogen-bond acceptors (Lipinski definition) is 7. The SMILES string of the molecule is C[C@H](N)CCCc1cc(Cl)c(F)c(-c2cc3cn(-c4ccc(C5CCCC(CCSC6=NCCN6)N5)cc4)c(=O)nc3[nH]2)c1. The molecule has 11 heteroatoms. The lowest BCUT2D eigenvalue weighted by molar-refractivity contribution is 0.320. The maximum atomic E-state index is 15.1. The monoisotopic (exact) mass is 635 g/mol. The first-order chi connectivity index (χ1) is 21.3. The number of rotatable bonds is 10. The summed E-state index contributed by atoms with van der Waals surface area (Å²) >= 11 is 8.08. The number of hydrogen-bond donors (Lipinski definition) is 4. The van der Waals surface area contributed by atoms with Crippen molar-refractivity contribution in [3.8, 4) is 16.9 Å². The Labute approximate surface area is 266 Å². The molecular weight excluding hydrogens is 597 g/mol. The van der Waals surface area contributed by atoms with E-state index in [4.69, 9.17) is 17.3 Å². The Bertz CT molecular complexity index is 1700. The summed E-state index contributed by atoms with van der Waals surface area (Å²) in [6.07, 6.45) is 8.82. The van der Waals surface area contributed by atoms with Crippen LogP contribution in [0.2, 0.25) is 5.02 Å². The number of fused-ring (bicyclic) bond motifs is 1. The van der Waals surface area contributed by atoms with Gasteiger partial charge in [0.2, 0.25) is 0 Å². The smallest absolute Gasteiger partial charge is 0.354 e. The third-order valence-corrected chi connectivity index (χ3v) is 9.68. The van der Waals surface area contributed by atoms with Gasteiger partial charge in [-0.2, -0.15) is 4.98 Å². The number of aryl methyl sites for hydroxylation is 1. The van der Waals surface area contributed by atoms with E-state index in [0.29, 0.717) is 28.3 Å². The summed E-state index contributed by atoms with van der Waals surface area (Å²) in [7, 11) is 0. The molecule has 0 amide bonds. The van der Waals surface area contributed by atoms with Crippen molar-refractivity contribution in [2.24, 2.45) is 10.7 Å². The molecule has 0 radical (unpaired) electrons. The third kappa shape index (κ3) is 7.20. The molecule has 0 bridgehead atoms. The van der Waals surface area contributed by atoms with E-state index in [1.54, 1.807) is 12.3 Å². The number of halogens is 2. The number of aromatic amines is 1. The second kappa shape index (κ2) is 13.9. The zero-order chi connectivity index (χ0) is 30.6. The van der Waals surface area contributed by atoms with Gasteiger partial charge in [-0.25, -0.2) is 9.18 Å². The fourth-order valence-corrected chi connectivity index (χ4v) is 7.31. The number of thioether (sulfide) groups is 1. The van der Waals surface area contributed by atoms with Gasteiger partial charge in [0.25, 0.3) is 0 Å². The van der Waals surface area contributed by atoms with Crippen LogP contribution in [0.5, 0.6) is 0 Å². The van der Waals surface area contributed by atoms with Crippen LogP contribution in [0.4, 0.5) is 4.39 Å². The van der Waals surface area contributed by atoms with E-state index in [0.717, 1.165) is 67.4 Å². The zero-order valence-electron chi connectivity index (χ0n) is 24.9. The lowest BCUT2D eigenvalue weighted by Crippen LogP contribution is -2.37. The summed E-state index contributed by atoms with van der Waals surface area (Å²) < 4.78 is 16.7. The second-order valence-corrected chi connectivity index (χ2v) is 13.4. The van der Waals surface area contributed by atoms with Crippen LogP contribution in [0.15, 0.2) is 58.4 Å². The molecule has 6 rings (SSSR count). The minimum absolute atomic E-state index is 0.0681. The van der Waals surface area contributed by atoms with Crippen LogP contribution in [0.1, 0.15) is 62.6 Å². The van der Waals surface area contributed by atoms with Crippen molar-refractivity contribution in [1.82, 2.24) is 25.2 Å². The lowest BCUT2D eigenvalue weighted by atomic mass is 9.92. The molecule has 1 fully saturated rings. The van der Waals surface area contributed by atoms with Gasteiger partial charge in [-0.05, 0) is 86.9 Å². The first-order valence-electron chi connectivity index (χ1n) is 15.5. The van der Waals surface area contributed by atoms with E-state index in [9.17, 15) is 4.79 Å². The number of nitrogens with one attached hydrogen (secondary N) is 3. The molecule has 0 spiro atoms. The normalized spacial score (nSPS) is 19.2. The van der Waals surface area contributed by atoms with Gasteiger partial charge in [0.05, 0.1) is 22.9 Å². The van der Waals surface area contributed by atoms with Gasteiger partial charge in [-0.1, -0.05) is 41.9 Å². The lowest BCUT2D eigenvalue weighted by Gasteiger charge is -2.31.